The second-order valence-electron chi connectivity index (χ2n) is 17.4. The van der Waals surface area contributed by atoms with Gasteiger partial charge in [-0.05, 0) is 57.8 Å². The van der Waals surface area contributed by atoms with Crippen molar-refractivity contribution in [3.63, 3.8) is 0 Å². The van der Waals surface area contributed by atoms with Crippen LogP contribution in [0.5, 0.6) is 0 Å². The molecule has 0 saturated carbocycles. The normalized spacial score (nSPS) is 13.4. The fourth-order valence-electron chi connectivity index (χ4n) is 6.51. The van der Waals surface area contributed by atoms with Crippen LogP contribution >= 0.6 is 0 Å². The topological polar surface area (TPSA) is 108 Å². The summed E-state index contributed by atoms with van der Waals surface area (Å²) in [7, 11) is 5.95. The van der Waals surface area contributed by atoms with Gasteiger partial charge in [-0.2, -0.15) is 0 Å². The Balaban J connectivity index is 4.38. The third-order valence-corrected chi connectivity index (χ3v) is 10.3. The highest BCUT2D eigenvalue weighted by molar-refractivity contribution is 5.71. The minimum absolute atomic E-state index is 0.184. The summed E-state index contributed by atoms with van der Waals surface area (Å²) >= 11 is 0. The minimum Gasteiger partial charge on any atom is -0.477 e. The molecule has 0 rings (SSSR count). The molecule has 0 radical (unpaired) electrons. The summed E-state index contributed by atoms with van der Waals surface area (Å²) in [6.45, 7) is 4.74. The lowest BCUT2D eigenvalue weighted by atomic mass is 10.0. The number of aliphatic carboxylic acids is 1. The Hall–Kier alpha value is -3.01. The highest BCUT2D eigenvalue weighted by atomic mass is 16.7. The van der Waals surface area contributed by atoms with Crippen LogP contribution in [0, 0.1) is 0 Å². The van der Waals surface area contributed by atoms with E-state index in [1.807, 2.05) is 21.1 Å². The van der Waals surface area contributed by atoms with E-state index in [1.54, 1.807) is 0 Å². The number of carboxylic acids is 1. The van der Waals surface area contributed by atoms with E-state index in [4.69, 9.17) is 18.9 Å². The molecule has 0 aliphatic heterocycles. The smallest absolute Gasteiger partial charge is 0.361 e. The number of nitrogens with zero attached hydrogens (tertiary/aromatic N) is 1. The van der Waals surface area contributed by atoms with E-state index in [1.165, 1.54) is 83.5 Å². The number of ether oxygens (including phenoxy) is 4. The molecule has 1 N–H and O–H groups in total. The van der Waals surface area contributed by atoms with Gasteiger partial charge < -0.3 is 28.5 Å². The van der Waals surface area contributed by atoms with Crippen LogP contribution in [0.15, 0.2) is 60.8 Å². The van der Waals surface area contributed by atoms with Crippen molar-refractivity contribution in [1.82, 2.24) is 0 Å². The maximum Gasteiger partial charge on any atom is 0.361 e. The Morgan fingerprint density at radius 3 is 1.39 bits per heavy atom. The van der Waals surface area contributed by atoms with Gasteiger partial charge in [0.05, 0.1) is 34.4 Å². The van der Waals surface area contributed by atoms with Crippen LogP contribution in [0.1, 0.15) is 194 Å². The standard InChI is InChI=1S/C52H91NO8/c1-6-8-10-12-14-16-18-20-21-22-23-24-25-26-27-28-29-31-33-35-37-39-41-43-50(55)61-48(47-60-52(51(56)57)58-45-44-53(3,4)5)46-59-49(54)42-40-38-36-34-32-30-19-17-15-13-11-9-7-2/h8,10,14,16,20-21,23-24,26-27,48,52H,6-7,9,11-13,15,17-19,22,25,28-47H2,1-5H3/p+1/b10-8-,16-14-,21-20-,24-23-,27-26-. The molecule has 2 unspecified atom stereocenters. The number of likely N-dealkylation sites (N-methyl/N-ethyl adjacent to an activating group) is 1. The van der Waals surface area contributed by atoms with Gasteiger partial charge in [-0.3, -0.25) is 9.59 Å². The Labute approximate surface area is 374 Å². The third-order valence-electron chi connectivity index (χ3n) is 10.3. The van der Waals surface area contributed by atoms with Gasteiger partial charge in [0.1, 0.15) is 13.2 Å². The number of unbranched alkanes of at least 4 members (excludes halogenated alkanes) is 19. The van der Waals surface area contributed by atoms with E-state index in [2.05, 4.69) is 74.6 Å². The number of hydrogen-bond donors (Lipinski definition) is 1. The van der Waals surface area contributed by atoms with Crippen LogP contribution in [0.2, 0.25) is 0 Å². The number of carbonyl (C=O) groups excluding carboxylic acids is 2. The zero-order chi connectivity index (χ0) is 44.9. The summed E-state index contributed by atoms with van der Waals surface area (Å²) in [6, 6.07) is 0. The van der Waals surface area contributed by atoms with Crippen molar-refractivity contribution in [1.29, 1.82) is 0 Å². The highest BCUT2D eigenvalue weighted by Gasteiger charge is 2.25. The molecule has 0 aliphatic rings. The number of esters is 2. The molecule has 61 heavy (non-hydrogen) atoms. The molecular weight excluding hydrogens is 767 g/mol. The van der Waals surface area contributed by atoms with Crippen molar-refractivity contribution in [2.24, 2.45) is 0 Å². The summed E-state index contributed by atoms with van der Waals surface area (Å²) in [5, 5.41) is 9.65. The van der Waals surface area contributed by atoms with Gasteiger partial charge in [0.2, 0.25) is 0 Å². The van der Waals surface area contributed by atoms with Crippen molar-refractivity contribution in [3.8, 4) is 0 Å². The third kappa shape index (κ3) is 44.8. The monoisotopic (exact) mass is 859 g/mol. The van der Waals surface area contributed by atoms with E-state index in [0.29, 0.717) is 23.9 Å². The van der Waals surface area contributed by atoms with Crippen molar-refractivity contribution in [2.45, 2.75) is 206 Å². The minimum atomic E-state index is -1.51. The predicted octanol–water partition coefficient (Wildman–Crippen LogP) is 13.3. The molecule has 0 aromatic carbocycles. The zero-order valence-electron chi connectivity index (χ0n) is 39.8. The summed E-state index contributed by atoms with van der Waals surface area (Å²) in [4.78, 5) is 37.2. The molecular formula is C52H92NO8+. The maximum atomic E-state index is 12.8. The van der Waals surface area contributed by atoms with Crippen LogP contribution < -0.4 is 0 Å². The lowest BCUT2D eigenvalue weighted by Crippen LogP contribution is -2.40. The first-order valence-corrected chi connectivity index (χ1v) is 24.5. The fourth-order valence-corrected chi connectivity index (χ4v) is 6.51. The van der Waals surface area contributed by atoms with Crippen molar-refractivity contribution < 1.29 is 42.9 Å². The zero-order valence-corrected chi connectivity index (χ0v) is 39.8. The molecule has 0 bridgehead atoms. The van der Waals surface area contributed by atoms with Gasteiger partial charge in [0, 0.05) is 12.8 Å². The van der Waals surface area contributed by atoms with E-state index in [0.717, 1.165) is 77.0 Å². The first-order valence-electron chi connectivity index (χ1n) is 24.5. The Kier molecular flexibility index (Phi) is 41.5. The number of hydrogen-bond acceptors (Lipinski definition) is 7. The van der Waals surface area contributed by atoms with Gasteiger partial charge >= 0.3 is 17.9 Å². The average Bonchev–Trinajstić information content (AvgIpc) is 3.22. The van der Waals surface area contributed by atoms with Crippen molar-refractivity contribution >= 4 is 17.9 Å². The molecule has 0 fully saturated rings. The molecule has 9 nitrogen and oxygen atoms in total. The maximum absolute atomic E-state index is 12.8. The molecule has 0 spiro atoms. The van der Waals surface area contributed by atoms with E-state index in [-0.39, 0.29) is 32.2 Å². The summed E-state index contributed by atoms with van der Waals surface area (Å²) in [6.07, 6.45) is 49.9. The molecule has 0 aromatic rings. The Bertz CT molecular complexity index is 1180. The van der Waals surface area contributed by atoms with E-state index in [9.17, 15) is 19.5 Å². The lowest BCUT2D eigenvalue weighted by Gasteiger charge is -2.25. The average molecular weight is 859 g/mol. The summed E-state index contributed by atoms with van der Waals surface area (Å²) in [5.74, 6) is -2.02. The SMILES string of the molecule is CC/C=C\C/C=C\C/C=C\C/C=C\C/C=C\CCCCCCCCCC(=O)OC(COC(=O)CCCCCCCCCCCCCCC)COC(OCC[N+](C)(C)C)C(=O)O. The quantitative estimate of drug-likeness (QED) is 0.0212. The van der Waals surface area contributed by atoms with Crippen LogP contribution in [0.3, 0.4) is 0 Å². The molecule has 0 aliphatic carbocycles. The van der Waals surface area contributed by atoms with Crippen LogP contribution in [0.4, 0.5) is 0 Å². The number of rotatable bonds is 44. The predicted molar refractivity (Wildman–Crippen MR) is 253 cm³/mol. The van der Waals surface area contributed by atoms with Crippen molar-refractivity contribution in [3.05, 3.63) is 60.8 Å². The van der Waals surface area contributed by atoms with Crippen LogP contribution in [0.25, 0.3) is 0 Å². The Morgan fingerprint density at radius 1 is 0.508 bits per heavy atom. The molecule has 9 heteroatoms. The van der Waals surface area contributed by atoms with Gasteiger partial charge in [-0.1, -0.05) is 184 Å². The highest BCUT2D eigenvalue weighted by Crippen LogP contribution is 2.15. The molecule has 0 saturated heterocycles. The first-order chi connectivity index (χ1) is 29.6. The van der Waals surface area contributed by atoms with Crippen LogP contribution in [-0.2, 0) is 33.3 Å². The summed E-state index contributed by atoms with van der Waals surface area (Å²) in [5.41, 5.74) is 0. The molecule has 0 amide bonds. The van der Waals surface area contributed by atoms with Gasteiger partial charge in [0.15, 0.2) is 6.10 Å². The van der Waals surface area contributed by atoms with Gasteiger partial charge in [0.25, 0.3) is 6.29 Å². The molecule has 0 aromatic heterocycles. The van der Waals surface area contributed by atoms with Crippen molar-refractivity contribution in [2.75, 3.05) is 47.5 Å². The number of allylic oxidation sites excluding steroid dienone is 10. The summed E-state index contributed by atoms with van der Waals surface area (Å²) < 4.78 is 22.8. The second kappa shape index (κ2) is 43.6. The molecule has 352 valence electrons. The van der Waals surface area contributed by atoms with Gasteiger partial charge in [-0.25, -0.2) is 4.79 Å². The van der Waals surface area contributed by atoms with Gasteiger partial charge in [-0.15, -0.1) is 0 Å². The lowest BCUT2D eigenvalue weighted by molar-refractivity contribution is -0.870. The first kappa shape index (κ1) is 58.0. The fraction of sp³-hybridized carbons (Fsp3) is 0.750. The molecule has 0 heterocycles. The molecule has 2 atom stereocenters. The van der Waals surface area contributed by atoms with Crippen LogP contribution in [-0.4, -0.2) is 87.4 Å². The number of carbonyl (C=O) groups is 3. The number of quaternary nitrogens is 1. The van der Waals surface area contributed by atoms with E-state index < -0.39 is 24.3 Å². The number of carboxylic acid groups (broad SMARTS) is 1. The largest absolute Gasteiger partial charge is 0.477 e. The van der Waals surface area contributed by atoms with E-state index >= 15 is 0 Å². The second-order valence-corrected chi connectivity index (χ2v) is 17.4. The Morgan fingerprint density at radius 2 is 0.934 bits per heavy atom.